The molecule has 1 N–H and O–H groups in total. The van der Waals surface area contributed by atoms with Crippen molar-refractivity contribution in [1.82, 2.24) is 4.98 Å². The Morgan fingerprint density at radius 2 is 2.11 bits per heavy atom. The van der Waals surface area contributed by atoms with Gasteiger partial charge in [0.2, 0.25) is 5.89 Å². The van der Waals surface area contributed by atoms with Crippen LogP contribution in [0.3, 0.4) is 0 Å². The third-order valence-electron chi connectivity index (χ3n) is 2.66. The van der Waals surface area contributed by atoms with Crippen LogP contribution >= 0.6 is 11.6 Å². The molecule has 0 aliphatic heterocycles. The van der Waals surface area contributed by atoms with Crippen LogP contribution in [0.1, 0.15) is 5.89 Å². The van der Waals surface area contributed by atoms with Crippen molar-refractivity contribution in [1.29, 1.82) is 0 Å². The Morgan fingerprint density at radius 3 is 2.95 bits per heavy atom. The Morgan fingerprint density at radius 1 is 1.21 bits per heavy atom. The first-order valence-corrected chi connectivity index (χ1v) is 6.13. The summed E-state index contributed by atoms with van der Waals surface area (Å²) in [6, 6.07) is 11.6. The Hall–Kier alpha value is -2.07. The van der Waals surface area contributed by atoms with E-state index in [4.69, 9.17) is 16.0 Å². The normalized spacial score (nSPS) is 10.8. The molecule has 3 rings (SSSR count). The van der Waals surface area contributed by atoms with Crippen molar-refractivity contribution in [3.8, 4) is 0 Å². The van der Waals surface area contributed by atoms with Gasteiger partial charge in [-0.05, 0) is 30.3 Å². The number of benzene rings is 2. The Labute approximate surface area is 114 Å². The SMILES string of the molecule is Fc1ccc2oc(CNc3cccc(Cl)c3)nc2c1. The summed E-state index contributed by atoms with van der Waals surface area (Å²) < 4.78 is 18.5. The second-order valence-corrected chi connectivity index (χ2v) is 4.52. The lowest BCUT2D eigenvalue weighted by Crippen LogP contribution is -1.99. The molecule has 0 amide bonds. The van der Waals surface area contributed by atoms with Crippen LogP contribution in [0.4, 0.5) is 10.1 Å². The average Bonchev–Trinajstić information content (AvgIpc) is 2.78. The molecule has 0 unspecified atom stereocenters. The summed E-state index contributed by atoms with van der Waals surface area (Å²) in [4.78, 5) is 4.21. The molecule has 0 aliphatic carbocycles. The van der Waals surface area contributed by atoms with E-state index in [-0.39, 0.29) is 5.82 Å². The van der Waals surface area contributed by atoms with E-state index in [0.717, 1.165) is 5.69 Å². The summed E-state index contributed by atoms with van der Waals surface area (Å²) >= 11 is 5.89. The minimum atomic E-state index is -0.324. The summed E-state index contributed by atoms with van der Waals surface area (Å²) in [5.74, 6) is 0.177. The standard InChI is InChI=1S/C14H10ClFN2O/c15-9-2-1-3-11(6-9)17-8-14-18-12-7-10(16)4-5-13(12)19-14/h1-7,17H,8H2. The van der Waals surface area contributed by atoms with Crippen molar-refractivity contribution >= 4 is 28.4 Å². The second-order valence-electron chi connectivity index (χ2n) is 4.08. The van der Waals surface area contributed by atoms with E-state index >= 15 is 0 Å². The zero-order valence-electron chi connectivity index (χ0n) is 9.86. The number of hydrogen-bond acceptors (Lipinski definition) is 3. The maximum absolute atomic E-state index is 13.0. The first-order chi connectivity index (χ1) is 9.20. The van der Waals surface area contributed by atoms with E-state index in [0.29, 0.717) is 28.6 Å². The fraction of sp³-hybridized carbons (Fsp3) is 0.0714. The molecule has 19 heavy (non-hydrogen) atoms. The van der Waals surface area contributed by atoms with Gasteiger partial charge in [0.25, 0.3) is 0 Å². The topological polar surface area (TPSA) is 38.1 Å². The quantitative estimate of drug-likeness (QED) is 0.778. The Balaban J connectivity index is 1.78. The highest BCUT2D eigenvalue weighted by atomic mass is 35.5. The molecule has 0 bridgehead atoms. The van der Waals surface area contributed by atoms with Gasteiger partial charge in [-0.25, -0.2) is 9.37 Å². The van der Waals surface area contributed by atoms with Gasteiger partial charge in [0.15, 0.2) is 5.58 Å². The molecular weight excluding hydrogens is 267 g/mol. The highest BCUT2D eigenvalue weighted by Gasteiger charge is 2.06. The number of hydrogen-bond donors (Lipinski definition) is 1. The van der Waals surface area contributed by atoms with Crippen LogP contribution in [0.2, 0.25) is 5.02 Å². The first-order valence-electron chi connectivity index (χ1n) is 5.75. The number of rotatable bonds is 3. The predicted molar refractivity (Wildman–Crippen MR) is 72.7 cm³/mol. The van der Waals surface area contributed by atoms with Crippen LogP contribution < -0.4 is 5.32 Å². The molecule has 2 aromatic carbocycles. The molecular formula is C14H10ClFN2O. The maximum atomic E-state index is 13.0. The summed E-state index contributed by atoms with van der Waals surface area (Å²) in [5.41, 5.74) is 1.97. The smallest absolute Gasteiger partial charge is 0.214 e. The third kappa shape index (κ3) is 2.69. The van der Waals surface area contributed by atoms with Crippen LogP contribution in [-0.2, 0) is 6.54 Å². The number of oxazole rings is 1. The fourth-order valence-electron chi connectivity index (χ4n) is 1.80. The number of halogens is 2. The fourth-order valence-corrected chi connectivity index (χ4v) is 1.99. The third-order valence-corrected chi connectivity index (χ3v) is 2.90. The number of fused-ring (bicyclic) bond motifs is 1. The van der Waals surface area contributed by atoms with Gasteiger partial charge in [0, 0.05) is 16.8 Å². The van der Waals surface area contributed by atoms with E-state index in [9.17, 15) is 4.39 Å². The van der Waals surface area contributed by atoms with Crippen molar-refractivity contribution in [3.63, 3.8) is 0 Å². The summed E-state index contributed by atoms with van der Waals surface area (Å²) in [5, 5.41) is 3.80. The van der Waals surface area contributed by atoms with Gasteiger partial charge in [0.1, 0.15) is 11.3 Å². The van der Waals surface area contributed by atoms with E-state index in [1.165, 1.54) is 12.1 Å². The predicted octanol–water partition coefficient (Wildman–Crippen LogP) is 4.23. The lowest BCUT2D eigenvalue weighted by Gasteiger charge is -2.03. The molecule has 96 valence electrons. The molecule has 0 saturated carbocycles. The van der Waals surface area contributed by atoms with Crippen LogP contribution in [0.15, 0.2) is 46.9 Å². The molecule has 0 atom stereocenters. The molecule has 0 radical (unpaired) electrons. The molecule has 5 heteroatoms. The first kappa shape index (κ1) is 12.0. The van der Waals surface area contributed by atoms with Crippen molar-refractivity contribution in [2.75, 3.05) is 5.32 Å². The molecule has 3 aromatic rings. The van der Waals surface area contributed by atoms with Gasteiger partial charge < -0.3 is 9.73 Å². The lowest BCUT2D eigenvalue weighted by molar-refractivity contribution is 0.540. The monoisotopic (exact) mass is 276 g/mol. The molecule has 1 heterocycles. The Kier molecular flexibility index (Phi) is 3.09. The lowest BCUT2D eigenvalue weighted by atomic mass is 10.3. The number of anilines is 1. The minimum absolute atomic E-state index is 0.324. The van der Waals surface area contributed by atoms with Crippen LogP contribution in [0.5, 0.6) is 0 Å². The van der Waals surface area contributed by atoms with Gasteiger partial charge in [-0.15, -0.1) is 0 Å². The molecule has 1 aromatic heterocycles. The largest absolute Gasteiger partial charge is 0.439 e. The van der Waals surface area contributed by atoms with Crippen LogP contribution in [0.25, 0.3) is 11.1 Å². The highest BCUT2D eigenvalue weighted by Crippen LogP contribution is 2.19. The zero-order chi connectivity index (χ0) is 13.2. The van der Waals surface area contributed by atoms with Crippen molar-refractivity contribution in [2.45, 2.75) is 6.54 Å². The van der Waals surface area contributed by atoms with Gasteiger partial charge in [0.05, 0.1) is 6.54 Å². The number of nitrogens with zero attached hydrogens (tertiary/aromatic N) is 1. The molecule has 0 spiro atoms. The second kappa shape index (κ2) is 4.90. The highest BCUT2D eigenvalue weighted by molar-refractivity contribution is 6.30. The summed E-state index contributed by atoms with van der Waals surface area (Å²) in [7, 11) is 0. The zero-order valence-corrected chi connectivity index (χ0v) is 10.6. The van der Waals surface area contributed by atoms with Gasteiger partial charge in [-0.3, -0.25) is 0 Å². The average molecular weight is 277 g/mol. The number of aromatic nitrogens is 1. The Bertz CT molecular complexity index is 726. The van der Waals surface area contributed by atoms with Crippen molar-refractivity contribution in [3.05, 3.63) is 59.2 Å². The van der Waals surface area contributed by atoms with E-state index < -0.39 is 0 Å². The van der Waals surface area contributed by atoms with Crippen molar-refractivity contribution < 1.29 is 8.81 Å². The van der Waals surface area contributed by atoms with Crippen LogP contribution in [0, 0.1) is 5.82 Å². The van der Waals surface area contributed by atoms with E-state index in [2.05, 4.69) is 10.3 Å². The molecule has 0 aliphatic rings. The summed E-state index contributed by atoms with van der Waals surface area (Å²) in [6.07, 6.45) is 0. The van der Waals surface area contributed by atoms with Gasteiger partial charge in [-0.1, -0.05) is 17.7 Å². The summed E-state index contributed by atoms with van der Waals surface area (Å²) in [6.45, 7) is 0.413. The van der Waals surface area contributed by atoms with Gasteiger partial charge in [-0.2, -0.15) is 0 Å². The van der Waals surface area contributed by atoms with Gasteiger partial charge >= 0.3 is 0 Å². The molecule has 0 saturated heterocycles. The van der Waals surface area contributed by atoms with E-state index in [1.54, 1.807) is 12.1 Å². The minimum Gasteiger partial charge on any atom is -0.439 e. The van der Waals surface area contributed by atoms with E-state index in [1.807, 2.05) is 18.2 Å². The van der Waals surface area contributed by atoms with Crippen molar-refractivity contribution in [2.24, 2.45) is 0 Å². The maximum Gasteiger partial charge on any atom is 0.214 e. The number of nitrogens with one attached hydrogen (secondary N) is 1. The van der Waals surface area contributed by atoms with Crippen LogP contribution in [-0.4, -0.2) is 4.98 Å². The molecule has 3 nitrogen and oxygen atoms in total. The molecule has 0 fully saturated rings.